The molecule has 2 aromatic rings. The lowest BCUT2D eigenvalue weighted by atomic mass is 10.0. The van der Waals surface area contributed by atoms with Crippen LogP contribution in [0, 0.1) is 0 Å². The number of benzene rings is 1. The Morgan fingerprint density at radius 2 is 2.03 bits per heavy atom. The maximum absolute atomic E-state index is 14.9. The highest BCUT2D eigenvalue weighted by molar-refractivity contribution is 6.34. The molecule has 1 aliphatic rings. The van der Waals surface area contributed by atoms with Crippen molar-refractivity contribution in [1.29, 1.82) is 0 Å². The predicted octanol–water partition coefficient (Wildman–Crippen LogP) is 4.32. The highest BCUT2D eigenvalue weighted by Crippen LogP contribution is 2.41. The Bertz CT molecular complexity index is 920. The van der Waals surface area contributed by atoms with E-state index in [9.17, 15) is 13.6 Å². The summed E-state index contributed by atoms with van der Waals surface area (Å²) >= 11 is 6.16. The van der Waals surface area contributed by atoms with Crippen LogP contribution in [0.4, 0.5) is 13.6 Å². The van der Waals surface area contributed by atoms with Crippen molar-refractivity contribution in [2.24, 2.45) is 0 Å². The van der Waals surface area contributed by atoms with Crippen LogP contribution in [0.15, 0.2) is 18.5 Å². The zero-order valence-corrected chi connectivity index (χ0v) is 17.3. The van der Waals surface area contributed by atoms with Gasteiger partial charge in [-0.15, -0.1) is 0 Å². The molecule has 3 rings (SSSR count). The monoisotopic (exact) mass is 429 g/mol. The zero-order valence-electron chi connectivity index (χ0n) is 16.5. The molecule has 1 amide bonds. The molecule has 158 valence electrons. The van der Waals surface area contributed by atoms with Gasteiger partial charge in [-0.05, 0) is 32.9 Å². The van der Waals surface area contributed by atoms with Crippen LogP contribution >= 0.6 is 11.6 Å². The lowest BCUT2D eigenvalue weighted by molar-refractivity contribution is -0.137. The first-order valence-electron chi connectivity index (χ1n) is 9.01. The van der Waals surface area contributed by atoms with Crippen LogP contribution in [0.1, 0.15) is 27.2 Å². The van der Waals surface area contributed by atoms with E-state index in [2.05, 4.69) is 9.97 Å². The van der Waals surface area contributed by atoms with Crippen LogP contribution in [-0.2, 0) is 4.74 Å². The van der Waals surface area contributed by atoms with Crippen LogP contribution in [0.25, 0.3) is 10.9 Å². The number of aromatic nitrogens is 2. The largest absolute Gasteiger partial charge is 0.493 e. The summed E-state index contributed by atoms with van der Waals surface area (Å²) in [6.45, 7) is 4.28. The number of piperidine rings is 1. The molecule has 29 heavy (non-hydrogen) atoms. The molecule has 10 heteroatoms. The summed E-state index contributed by atoms with van der Waals surface area (Å²) in [4.78, 5) is 21.1. The summed E-state index contributed by atoms with van der Waals surface area (Å²) in [5.74, 6) is -3.03. The van der Waals surface area contributed by atoms with Gasteiger partial charge in [0.05, 0.1) is 24.6 Å². The zero-order chi connectivity index (χ0) is 21.4. The Kier molecular flexibility index (Phi) is 5.71. The van der Waals surface area contributed by atoms with Gasteiger partial charge in [-0.25, -0.2) is 23.5 Å². The first kappa shape index (κ1) is 21.3. The van der Waals surface area contributed by atoms with Gasteiger partial charge in [0.15, 0.2) is 17.6 Å². The van der Waals surface area contributed by atoms with Crippen molar-refractivity contribution >= 4 is 28.6 Å². The van der Waals surface area contributed by atoms with Crippen LogP contribution < -0.4 is 9.47 Å². The van der Waals surface area contributed by atoms with Crippen molar-refractivity contribution in [3.63, 3.8) is 0 Å². The number of nitrogens with zero attached hydrogens (tertiary/aromatic N) is 3. The van der Waals surface area contributed by atoms with E-state index in [1.807, 2.05) is 0 Å². The number of carbonyl (C=O) groups is 1. The number of alkyl halides is 2. The standard InChI is InChI=1S/C19H22ClF2N3O4/c1-18(2,3)29-17(26)25-8-7-13(19(21,22)9-25)28-15-12(27-4)6-5-11-14(15)16(20)24-10-23-11/h5-6,10,13H,7-9H2,1-4H3. The maximum atomic E-state index is 14.9. The second-order valence-electron chi connectivity index (χ2n) is 7.71. The highest BCUT2D eigenvalue weighted by Gasteiger charge is 2.49. The Hall–Kier alpha value is -2.42. The van der Waals surface area contributed by atoms with E-state index in [0.717, 1.165) is 4.90 Å². The number of methoxy groups -OCH3 is 1. The van der Waals surface area contributed by atoms with Gasteiger partial charge in [-0.2, -0.15) is 0 Å². The molecule has 0 aliphatic carbocycles. The fourth-order valence-electron chi connectivity index (χ4n) is 3.03. The van der Waals surface area contributed by atoms with Gasteiger partial charge in [0.25, 0.3) is 0 Å². The van der Waals surface area contributed by atoms with E-state index in [-0.39, 0.29) is 29.6 Å². The third-order valence-electron chi connectivity index (χ3n) is 4.34. The maximum Gasteiger partial charge on any atom is 0.410 e. The Labute approximate surface area is 171 Å². The fraction of sp³-hybridized carbons (Fsp3) is 0.526. The topological polar surface area (TPSA) is 73.8 Å². The number of ether oxygens (including phenoxy) is 3. The number of fused-ring (bicyclic) bond motifs is 1. The normalized spacial score (nSPS) is 19.1. The van der Waals surface area contributed by atoms with Crippen molar-refractivity contribution in [3.8, 4) is 11.5 Å². The summed E-state index contributed by atoms with van der Waals surface area (Å²) in [6.07, 6.45) is -1.10. The van der Waals surface area contributed by atoms with E-state index in [4.69, 9.17) is 25.8 Å². The number of carbonyl (C=O) groups excluding carboxylic acids is 1. The molecular formula is C19H22ClF2N3O4. The highest BCUT2D eigenvalue weighted by atomic mass is 35.5. The average Bonchev–Trinajstić information content (AvgIpc) is 2.61. The van der Waals surface area contributed by atoms with Crippen molar-refractivity contribution in [2.45, 2.75) is 44.8 Å². The lowest BCUT2D eigenvalue weighted by Gasteiger charge is -2.38. The molecule has 1 aromatic carbocycles. The Morgan fingerprint density at radius 3 is 2.66 bits per heavy atom. The van der Waals surface area contributed by atoms with E-state index >= 15 is 0 Å². The molecule has 1 unspecified atom stereocenters. The Morgan fingerprint density at radius 1 is 1.31 bits per heavy atom. The van der Waals surface area contributed by atoms with E-state index < -0.39 is 30.3 Å². The molecule has 1 aliphatic heterocycles. The quantitative estimate of drug-likeness (QED) is 0.677. The molecule has 0 N–H and O–H groups in total. The number of likely N-dealkylation sites (tertiary alicyclic amines) is 1. The summed E-state index contributed by atoms with van der Waals surface area (Å²) in [5.41, 5.74) is -0.331. The van der Waals surface area contributed by atoms with Gasteiger partial charge in [0.2, 0.25) is 0 Å². The van der Waals surface area contributed by atoms with Crippen molar-refractivity contribution in [1.82, 2.24) is 14.9 Å². The third-order valence-corrected chi connectivity index (χ3v) is 4.63. The minimum atomic E-state index is -3.32. The molecule has 0 saturated carbocycles. The fourth-order valence-corrected chi connectivity index (χ4v) is 3.26. The molecule has 0 bridgehead atoms. The predicted molar refractivity (Wildman–Crippen MR) is 103 cm³/mol. The van der Waals surface area contributed by atoms with Gasteiger partial charge in [-0.3, -0.25) is 0 Å². The molecule has 0 radical (unpaired) electrons. The van der Waals surface area contributed by atoms with Crippen LogP contribution in [0.5, 0.6) is 11.5 Å². The van der Waals surface area contributed by atoms with Gasteiger partial charge in [0.1, 0.15) is 17.1 Å². The molecular weight excluding hydrogens is 408 g/mol. The second-order valence-corrected chi connectivity index (χ2v) is 8.07. The number of hydrogen-bond acceptors (Lipinski definition) is 6. The molecule has 0 spiro atoms. The summed E-state index contributed by atoms with van der Waals surface area (Å²) in [6, 6.07) is 3.20. The molecule has 1 aromatic heterocycles. The third kappa shape index (κ3) is 4.60. The SMILES string of the molecule is COc1ccc2ncnc(Cl)c2c1OC1CCN(C(=O)OC(C)(C)C)CC1(F)F. The minimum absolute atomic E-state index is 0.0472. The second kappa shape index (κ2) is 7.78. The van der Waals surface area contributed by atoms with Crippen molar-refractivity contribution in [3.05, 3.63) is 23.6 Å². The molecule has 7 nitrogen and oxygen atoms in total. The average molecular weight is 430 g/mol. The number of rotatable bonds is 3. The van der Waals surface area contributed by atoms with E-state index in [0.29, 0.717) is 10.9 Å². The summed E-state index contributed by atoms with van der Waals surface area (Å²) < 4.78 is 45.9. The van der Waals surface area contributed by atoms with Crippen molar-refractivity contribution in [2.75, 3.05) is 20.2 Å². The van der Waals surface area contributed by atoms with E-state index in [1.54, 1.807) is 32.9 Å². The van der Waals surface area contributed by atoms with Crippen molar-refractivity contribution < 1.29 is 27.8 Å². The molecule has 1 fully saturated rings. The van der Waals surface area contributed by atoms with Gasteiger partial charge in [-0.1, -0.05) is 11.6 Å². The number of hydrogen-bond donors (Lipinski definition) is 0. The first-order valence-corrected chi connectivity index (χ1v) is 9.39. The van der Waals surface area contributed by atoms with Crippen LogP contribution in [-0.4, -0.2) is 58.8 Å². The van der Waals surface area contributed by atoms with Crippen LogP contribution in [0.3, 0.4) is 0 Å². The summed E-state index contributed by atoms with van der Waals surface area (Å²) in [5, 5.41) is 0.359. The van der Waals surface area contributed by atoms with Crippen LogP contribution in [0.2, 0.25) is 5.15 Å². The minimum Gasteiger partial charge on any atom is -0.493 e. The molecule has 2 heterocycles. The van der Waals surface area contributed by atoms with Gasteiger partial charge < -0.3 is 19.1 Å². The molecule has 1 atom stereocenters. The number of amides is 1. The lowest BCUT2D eigenvalue weighted by Crippen LogP contribution is -2.56. The Balaban J connectivity index is 1.86. The van der Waals surface area contributed by atoms with Gasteiger partial charge in [0, 0.05) is 13.0 Å². The number of halogens is 3. The van der Waals surface area contributed by atoms with E-state index in [1.165, 1.54) is 13.4 Å². The first-order chi connectivity index (χ1) is 13.5. The summed E-state index contributed by atoms with van der Waals surface area (Å²) in [7, 11) is 1.40. The smallest absolute Gasteiger partial charge is 0.410 e. The van der Waals surface area contributed by atoms with Gasteiger partial charge >= 0.3 is 12.0 Å². The molecule has 1 saturated heterocycles.